The molecule has 2 aromatic heterocycles. The summed E-state index contributed by atoms with van der Waals surface area (Å²) in [6.45, 7) is -0.811. The van der Waals surface area contributed by atoms with E-state index in [4.69, 9.17) is 26.5 Å². The Morgan fingerprint density at radius 3 is 2.62 bits per heavy atom. The van der Waals surface area contributed by atoms with Crippen LogP contribution in [0, 0.1) is 5.82 Å². The van der Waals surface area contributed by atoms with Crippen molar-refractivity contribution in [1.82, 2.24) is 15.3 Å². The van der Waals surface area contributed by atoms with Crippen LogP contribution >= 0.6 is 11.6 Å². The number of carbonyl (C=O) groups is 1. The van der Waals surface area contributed by atoms with Gasteiger partial charge in [0, 0.05) is 28.1 Å². The second-order valence-corrected chi connectivity index (χ2v) is 8.28. The van der Waals surface area contributed by atoms with E-state index in [1.165, 1.54) is 37.4 Å². The number of rotatable bonds is 7. The van der Waals surface area contributed by atoms with Gasteiger partial charge in [-0.3, -0.25) is 4.79 Å². The first-order chi connectivity index (χ1) is 17.5. The Kier molecular flexibility index (Phi) is 7.35. The van der Waals surface area contributed by atoms with E-state index in [-0.39, 0.29) is 56.7 Å². The van der Waals surface area contributed by atoms with Crippen LogP contribution in [0.4, 0.5) is 17.6 Å². The van der Waals surface area contributed by atoms with Gasteiger partial charge in [0.1, 0.15) is 22.8 Å². The lowest BCUT2D eigenvalue weighted by atomic mass is 10.1. The van der Waals surface area contributed by atoms with Crippen LogP contribution in [0.25, 0.3) is 22.4 Å². The highest BCUT2D eigenvalue weighted by Crippen LogP contribution is 2.37. The lowest BCUT2D eigenvalue weighted by Crippen LogP contribution is -2.26. The lowest BCUT2D eigenvalue weighted by molar-refractivity contribution is -0.140. The van der Waals surface area contributed by atoms with E-state index >= 15 is 0 Å². The number of pyridine rings is 1. The number of aliphatic hydroxyl groups excluding tert-OH is 1. The van der Waals surface area contributed by atoms with Gasteiger partial charge in [-0.1, -0.05) is 17.7 Å². The molecule has 0 unspecified atom stereocenters. The Bertz CT molecular complexity index is 1480. The summed E-state index contributed by atoms with van der Waals surface area (Å²) in [5.74, 6) is -1.66. The monoisotopic (exact) mass is 538 g/mol. The number of nitrogens with two attached hydrogens (primary N) is 1. The lowest BCUT2D eigenvalue weighted by Gasteiger charge is -2.11. The van der Waals surface area contributed by atoms with E-state index in [1.807, 2.05) is 0 Å². The van der Waals surface area contributed by atoms with Gasteiger partial charge in [0.05, 0.1) is 19.8 Å². The Morgan fingerprint density at radius 2 is 1.97 bits per heavy atom. The topological polar surface area (TPSA) is 124 Å². The molecule has 0 radical (unpaired) electrons. The van der Waals surface area contributed by atoms with Gasteiger partial charge in [-0.05, 0) is 36.4 Å². The molecule has 2 heterocycles. The normalized spacial score (nSPS) is 12.5. The molecule has 4 aromatic rings. The number of carbonyl (C=O) groups excluding carboxylic acids is 1. The number of nitrogens with zero attached hydrogens (tertiary/aromatic N) is 2. The van der Waals surface area contributed by atoms with Crippen LogP contribution in [0.1, 0.15) is 33.5 Å². The zero-order valence-electron chi connectivity index (χ0n) is 19.1. The number of fused-ring (bicyclic) bond motifs is 1. The maximum Gasteiger partial charge on any atom is 0.433 e. The number of oxazole rings is 1. The summed E-state index contributed by atoms with van der Waals surface area (Å²) in [5.41, 5.74) is 4.74. The summed E-state index contributed by atoms with van der Waals surface area (Å²) in [5, 5.41) is 12.4. The number of halogens is 5. The summed E-state index contributed by atoms with van der Waals surface area (Å²) in [4.78, 5) is 20.8. The molecule has 37 heavy (non-hydrogen) atoms. The molecule has 4 rings (SSSR count). The average Bonchev–Trinajstić information content (AvgIpc) is 3.31. The molecule has 1 atom stereocenters. The van der Waals surface area contributed by atoms with E-state index in [1.54, 1.807) is 0 Å². The van der Waals surface area contributed by atoms with Gasteiger partial charge in [0.2, 0.25) is 5.89 Å². The molecule has 13 heteroatoms. The van der Waals surface area contributed by atoms with Crippen molar-refractivity contribution in [3.8, 4) is 17.2 Å². The summed E-state index contributed by atoms with van der Waals surface area (Å²) in [6.07, 6.45) is -4.69. The molecule has 0 bridgehead atoms. The summed E-state index contributed by atoms with van der Waals surface area (Å²) < 4.78 is 64.7. The average molecular weight is 539 g/mol. The van der Waals surface area contributed by atoms with Gasteiger partial charge in [0.25, 0.3) is 5.91 Å². The number of hydrogen-bond donors (Lipinski definition) is 3. The minimum Gasteiger partial charge on any atom is -0.494 e. The van der Waals surface area contributed by atoms with Crippen LogP contribution in [0.3, 0.4) is 0 Å². The third kappa shape index (κ3) is 5.36. The number of alkyl halides is 3. The fourth-order valence-electron chi connectivity index (χ4n) is 3.57. The molecule has 194 valence electrons. The van der Waals surface area contributed by atoms with Gasteiger partial charge in [-0.15, -0.1) is 0 Å². The van der Waals surface area contributed by atoms with Crippen molar-refractivity contribution >= 4 is 28.4 Å². The number of benzene rings is 2. The highest BCUT2D eigenvalue weighted by molar-refractivity contribution is 6.30. The predicted octanol–water partition coefficient (Wildman–Crippen LogP) is 4.63. The predicted molar refractivity (Wildman–Crippen MR) is 125 cm³/mol. The Labute approximate surface area is 212 Å². The first-order valence-corrected chi connectivity index (χ1v) is 11.1. The molecule has 0 aliphatic carbocycles. The molecule has 8 nitrogen and oxygen atoms in total. The fourth-order valence-corrected chi connectivity index (χ4v) is 3.73. The van der Waals surface area contributed by atoms with E-state index in [0.717, 1.165) is 12.1 Å². The second kappa shape index (κ2) is 10.3. The fraction of sp³-hybridized carbons (Fsp3) is 0.208. The number of aliphatic hydroxyl groups is 1. The number of methoxy groups -OCH3 is 1. The van der Waals surface area contributed by atoms with Crippen LogP contribution < -0.4 is 15.8 Å². The molecule has 4 N–H and O–H groups in total. The van der Waals surface area contributed by atoms with Crippen LogP contribution in [-0.2, 0) is 12.7 Å². The molecule has 1 amide bonds. The number of nitrogens with one attached hydrogen (secondary N) is 1. The maximum absolute atomic E-state index is 14.1. The number of ether oxygens (including phenoxy) is 1. The van der Waals surface area contributed by atoms with Gasteiger partial charge >= 0.3 is 6.18 Å². The molecule has 0 aliphatic heterocycles. The van der Waals surface area contributed by atoms with E-state index < -0.39 is 36.2 Å². The molecular formula is C24H19ClF4N4O4. The van der Waals surface area contributed by atoms with E-state index in [0.29, 0.717) is 0 Å². The molecule has 2 aromatic carbocycles. The van der Waals surface area contributed by atoms with Crippen molar-refractivity contribution in [1.29, 1.82) is 0 Å². The summed E-state index contributed by atoms with van der Waals surface area (Å²) in [6, 6.07) is 7.64. The third-order valence-corrected chi connectivity index (χ3v) is 5.65. The first-order valence-electron chi connectivity index (χ1n) is 10.7. The van der Waals surface area contributed by atoms with Crippen molar-refractivity contribution in [2.45, 2.75) is 18.8 Å². The van der Waals surface area contributed by atoms with Gasteiger partial charge in [-0.25, -0.2) is 14.4 Å². The SMILES string of the molecule is COc1ccc(-c2nc(C(=O)NCc3ccc(Cl)cc3F)c([C@@H](N)CO)o2)c2ccc(C(F)(F)F)nc12. The van der Waals surface area contributed by atoms with Crippen LogP contribution in [0.2, 0.25) is 5.02 Å². The highest BCUT2D eigenvalue weighted by Gasteiger charge is 2.33. The van der Waals surface area contributed by atoms with Gasteiger partial charge < -0.3 is 25.3 Å². The van der Waals surface area contributed by atoms with Crippen molar-refractivity contribution in [3.63, 3.8) is 0 Å². The van der Waals surface area contributed by atoms with Crippen LogP contribution in [0.15, 0.2) is 46.9 Å². The van der Waals surface area contributed by atoms with Crippen LogP contribution in [-0.4, -0.2) is 34.7 Å². The smallest absolute Gasteiger partial charge is 0.433 e. The largest absolute Gasteiger partial charge is 0.494 e. The second-order valence-electron chi connectivity index (χ2n) is 7.85. The van der Waals surface area contributed by atoms with Crippen LogP contribution in [0.5, 0.6) is 5.75 Å². The standard InChI is InChI=1S/C24H19ClF4N4O4/c1-36-17-6-4-14(13-5-7-18(24(27,28)29)32-19(13)17)23-33-20(21(37-23)16(30)10-34)22(35)31-9-11-2-3-12(25)8-15(11)26/h2-8,16,34H,9-10,30H2,1H3,(H,31,35)/t16-/m0/s1. The molecule has 0 aliphatic rings. The Morgan fingerprint density at radius 1 is 1.22 bits per heavy atom. The minimum atomic E-state index is -4.69. The highest BCUT2D eigenvalue weighted by atomic mass is 35.5. The Balaban J connectivity index is 1.75. The van der Waals surface area contributed by atoms with Gasteiger partial charge in [0.15, 0.2) is 11.5 Å². The summed E-state index contributed by atoms with van der Waals surface area (Å²) in [7, 11) is 1.28. The maximum atomic E-state index is 14.1. The van der Waals surface area contributed by atoms with Crippen molar-refractivity contribution in [2.24, 2.45) is 5.73 Å². The minimum absolute atomic E-state index is 0.0756. The zero-order chi connectivity index (χ0) is 26.9. The zero-order valence-corrected chi connectivity index (χ0v) is 19.8. The molecule has 0 spiro atoms. The van der Waals surface area contributed by atoms with Crippen molar-refractivity contribution < 1.29 is 36.6 Å². The van der Waals surface area contributed by atoms with Gasteiger partial charge in [-0.2, -0.15) is 13.2 Å². The summed E-state index contributed by atoms with van der Waals surface area (Å²) >= 11 is 5.74. The molecular weight excluding hydrogens is 520 g/mol. The molecule has 0 saturated carbocycles. The third-order valence-electron chi connectivity index (χ3n) is 5.42. The first kappa shape index (κ1) is 26.3. The number of amides is 1. The molecule has 0 fully saturated rings. The number of aromatic nitrogens is 2. The van der Waals surface area contributed by atoms with Crippen molar-refractivity contribution in [3.05, 3.63) is 76.0 Å². The quantitative estimate of drug-likeness (QED) is 0.293. The van der Waals surface area contributed by atoms with E-state index in [2.05, 4.69) is 15.3 Å². The van der Waals surface area contributed by atoms with Crippen molar-refractivity contribution in [2.75, 3.05) is 13.7 Å². The number of hydrogen-bond acceptors (Lipinski definition) is 7. The Hall–Kier alpha value is -3.74. The van der Waals surface area contributed by atoms with E-state index in [9.17, 15) is 27.5 Å². The molecule has 0 saturated heterocycles.